The smallest absolute Gasteiger partial charge is 0.372 e. The Morgan fingerprint density at radius 2 is 2.00 bits per heavy atom. The van der Waals surface area contributed by atoms with Crippen molar-refractivity contribution in [2.45, 2.75) is 12.6 Å². The Morgan fingerprint density at radius 3 is 2.68 bits per heavy atom. The van der Waals surface area contributed by atoms with Crippen molar-refractivity contribution in [2.75, 3.05) is 6.54 Å². The third-order valence-corrected chi connectivity index (χ3v) is 2.78. The van der Waals surface area contributed by atoms with E-state index in [1.165, 1.54) is 6.26 Å². The van der Waals surface area contributed by atoms with Crippen LogP contribution in [0.2, 0.25) is 0 Å². The maximum absolute atomic E-state index is 10.8. The van der Waals surface area contributed by atoms with Gasteiger partial charge in [-0.2, -0.15) is 0 Å². The lowest BCUT2D eigenvalue weighted by atomic mass is 10.1. The number of furan rings is 1. The van der Waals surface area contributed by atoms with E-state index in [1.54, 1.807) is 6.07 Å². The van der Waals surface area contributed by atoms with Gasteiger partial charge in [-0.05, 0) is 11.6 Å². The van der Waals surface area contributed by atoms with Gasteiger partial charge in [-0.25, -0.2) is 4.79 Å². The SMILES string of the molecule is O=C(O)c1occc1CNCC(O)c1ccccc1. The lowest BCUT2D eigenvalue weighted by molar-refractivity contribution is 0.0660. The van der Waals surface area contributed by atoms with Gasteiger partial charge in [-0.1, -0.05) is 30.3 Å². The third kappa shape index (κ3) is 3.43. The maximum Gasteiger partial charge on any atom is 0.372 e. The van der Waals surface area contributed by atoms with Crippen LogP contribution in [0.1, 0.15) is 27.8 Å². The summed E-state index contributed by atoms with van der Waals surface area (Å²) in [4.78, 5) is 10.8. The molecule has 2 rings (SSSR count). The molecular formula is C14H15NO4. The molecule has 0 bridgehead atoms. The molecule has 0 radical (unpaired) electrons. The van der Waals surface area contributed by atoms with Crippen molar-refractivity contribution in [1.82, 2.24) is 5.32 Å². The molecule has 5 heteroatoms. The van der Waals surface area contributed by atoms with E-state index in [-0.39, 0.29) is 5.76 Å². The Hall–Kier alpha value is -2.11. The van der Waals surface area contributed by atoms with Crippen molar-refractivity contribution in [3.8, 4) is 0 Å². The van der Waals surface area contributed by atoms with Gasteiger partial charge in [0.2, 0.25) is 5.76 Å². The number of hydrogen-bond donors (Lipinski definition) is 3. The molecule has 0 saturated carbocycles. The summed E-state index contributed by atoms with van der Waals surface area (Å²) in [6, 6.07) is 10.9. The zero-order valence-electron chi connectivity index (χ0n) is 10.2. The number of aliphatic hydroxyl groups excluding tert-OH is 1. The van der Waals surface area contributed by atoms with Crippen LogP contribution in [0.4, 0.5) is 0 Å². The molecule has 0 fully saturated rings. The van der Waals surface area contributed by atoms with Crippen molar-refractivity contribution in [3.05, 3.63) is 59.5 Å². The van der Waals surface area contributed by atoms with Gasteiger partial charge in [0.15, 0.2) is 0 Å². The Kier molecular flexibility index (Phi) is 4.33. The van der Waals surface area contributed by atoms with Gasteiger partial charge in [0.05, 0.1) is 12.4 Å². The average Bonchev–Trinajstić information content (AvgIpc) is 2.88. The monoisotopic (exact) mass is 261 g/mol. The van der Waals surface area contributed by atoms with Crippen molar-refractivity contribution < 1.29 is 19.4 Å². The van der Waals surface area contributed by atoms with Crippen LogP contribution in [0, 0.1) is 0 Å². The second-order valence-corrected chi connectivity index (χ2v) is 4.14. The summed E-state index contributed by atoms with van der Waals surface area (Å²) in [6.45, 7) is 0.677. The predicted octanol–water partition coefficient (Wildman–Crippen LogP) is 1.80. The topological polar surface area (TPSA) is 82.7 Å². The fourth-order valence-corrected chi connectivity index (χ4v) is 1.80. The highest BCUT2D eigenvalue weighted by Crippen LogP contribution is 2.13. The standard InChI is InChI=1S/C14H15NO4/c16-12(10-4-2-1-3-5-10)9-15-8-11-6-7-19-13(11)14(17)18/h1-7,12,15-16H,8-9H2,(H,17,18). The van der Waals surface area contributed by atoms with Crippen molar-refractivity contribution in [3.63, 3.8) is 0 Å². The summed E-state index contributed by atoms with van der Waals surface area (Å²) in [5, 5.41) is 21.8. The molecule has 1 aromatic heterocycles. The van der Waals surface area contributed by atoms with Crippen LogP contribution < -0.4 is 5.32 Å². The van der Waals surface area contributed by atoms with E-state index in [0.717, 1.165) is 5.56 Å². The second-order valence-electron chi connectivity index (χ2n) is 4.14. The molecule has 0 amide bonds. The maximum atomic E-state index is 10.8. The van der Waals surface area contributed by atoms with Crippen LogP contribution in [0.15, 0.2) is 47.1 Å². The molecule has 2 aromatic rings. The van der Waals surface area contributed by atoms with E-state index in [2.05, 4.69) is 5.32 Å². The Morgan fingerprint density at radius 1 is 1.26 bits per heavy atom. The van der Waals surface area contributed by atoms with Gasteiger partial charge in [-0.3, -0.25) is 0 Å². The number of carboxylic acid groups (broad SMARTS) is 1. The first-order valence-corrected chi connectivity index (χ1v) is 5.92. The first-order chi connectivity index (χ1) is 9.18. The first kappa shape index (κ1) is 13.3. The largest absolute Gasteiger partial charge is 0.475 e. The highest BCUT2D eigenvalue weighted by molar-refractivity contribution is 5.86. The van der Waals surface area contributed by atoms with E-state index < -0.39 is 12.1 Å². The summed E-state index contributed by atoms with van der Waals surface area (Å²) in [5.41, 5.74) is 1.38. The lowest BCUT2D eigenvalue weighted by Gasteiger charge is -2.11. The average molecular weight is 261 g/mol. The van der Waals surface area contributed by atoms with Gasteiger partial charge >= 0.3 is 5.97 Å². The number of carbonyl (C=O) groups is 1. The molecule has 1 unspecified atom stereocenters. The van der Waals surface area contributed by atoms with Crippen LogP contribution in [0.25, 0.3) is 0 Å². The van der Waals surface area contributed by atoms with Crippen LogP contribution in [-0.2, 0) is 6.54 Å². The fourth-order valence-electron chi connectivity index (χ4n) is 1.80. The first-order valence-electron chi connectivity index (χ1n) is 5.92. The molecular weight excluding hydrogens is 246 g/mol. The summed E-state index contributed by atoms with van der Waals surface area (Å²) in [6.07, 6.45) is 0.718. The van der Waals surface area contributed by atoms with Crippen LogP contribution >= 0.6 is 0 Å². The highest BCUT2D eigenvalue weighted by atomic mass is 16.4. The van der Waals surface area contributed by atoms with E-state index in [9.17, 15) is 9.90 Å². The van der Waals surface area contributed by atoms with Gasteiger partial charge in [0.25, 0.3) is 0 Å². The number of hydrogen-bond acceptors (Lipinski definition) is 4. The number of benzene rings is 1. The van der Waals surface area contributed by atoms with Gasteiger partial charge in [0.1, 0.15) is 0 Å². The molecule has 5 nitrogen and oxygen atoms in total. The molecule has 19 heavy (non-hydrogen) atoms. The normalized spacial score (nSPS) is 12.3. The molecule has 1 aromatic carbocycles. The van der Waals surface area contributed by atoms with Crippen LogP contribution in [0.5, 0.6) is 0 Å². The molecule has 1 heterocycles. The predicted molar refractivity (Wildman–Crippen MR) is 68.8 cm³/mol. The Bertz CT molecular complexity index is 535. The number of rotatable bonds is 6. The van der Waals surface area contributed by atoms with Crippen LogP contribution in [0.3, 0.4) is 0 Å². The molecule has 0 spiro atoms. The molecule has 0 aliphatic carbocycles. The lowest BCUT2D eigenvalue weighted by Crippen LogP contribution is -2.21. The minimum absolute atomic E-state index is 0.0679. The zero-order valence-corrected chi connectivity index (χ0v) is 10.2. The Labute approximate surface area is 110 Å². The molecule has 0 aliphatic heterocycles. The molecule has 3 N–H and O–H groups in total. The van der Waals surface area contributed by atoms with Gasteiger partial charge in [-0.15, -0.1) is 0 Å². The second kappa shape index (κ2) is 6.17. The summed E-state index contributed by atoms with van der Waals surface area (Å²) in [7, 11) is 0. The van der Waals surface area contributed by atoms with Crippen LogP contribution in [-0.4, -0.2) is 22.7 Å². The van der Waals surface area contributed by atoms with Crippen molar-refractivity contribution in [2.24, 2.45) is 0 Å². The molecule has 0 aliphatic rings. The third-order valence-electron chi connectivity index (χ3n) is 2.78. The molecule has 1 atom stereocenters. The fraction of sp³-hybridized carbons (Fsp3) is 0.214. The quantitative estimate of drug-likeness (QED) is 0.738. The van der Waals surface area contributed by atoms with E-state index in [4.69, 9.17) is 9.52 Å². The van der Waals surface area contributed by atoms with E-state index in [1.807, 2.05) is 30.3 Å². The van der Waals surface area contributed by atoms with E-state index >= 15 is 0 Å². The molecule has 100 valence electrons. The number of aromatic carboxylic acids is 1. The van der Waals surface area contributed by atoms with Gasteiger partial charge in [0, 0.05) is 18.7 Å². The van der Waals surface area contributed by atoms with Crippen molar-refractivity contribution in [1.29, 1.82) is 0 Å². The number of nitrogens with one attached hydrogen (secondary N) is 1. The summed E-state index contributed by atoms with van der Waals surface area (Å²) >= 11 is 0. The number of carboxylic acids is 1. The Balaban J connectivity index is 1.87. The summed E-state index contributed by atoms with van der Waals surface area (Å²) in [5.74, 6) is -1.16. The molecule has 0 saturated heterocycles. The zero-order chi connectivity index (χ0) is 13.7. The number of aliphatic hydroxyl groups is 1. The van der Waals surface area contributed by atoms with Gasteiger partial charge < -0.3 is 19.9 Å². The summed E-state index contributed by atoms with van der Waals surface area (Å²) < 4.78 is 4.87. The minimum atomic E-state index is -1.09. The minimum Gasteiger partial charge on any atom is -0.475 e. The highest BCUT2D eigenvalue weighted by Gasteiger charge is 2.14. The van der Waals surface area contributed by atoms with E-state index in [0.29, 0.717) is 18.7 Å². The van der Waals surface area contributed by atoms with Crippen molar-refractivity contribution >= 4 is 5.97 Å².